The summed E-state index contributed by atoms with van der Waals surface area (Å²) >= 11 is 0. The molecule has 0 bridgehead atoms. The van der Waals surface area contributed by atoms with Gasteiger partial charge < -0.3 is 15.4 Å². The monoisotopic (exact) mass is 375 g/mol. The van der Waals surface area contributed by atoms with E-state index in [0.29, 0.717) is 12.5 Å². The molecule has 1 fully saturated rings. The van der Waals surface area contributed by atoms with Gasteiger partial charge in [-0.1, -0.05) is 48.5 Å². The molecule has 5 nitrogen and oxygen atoms in total. The summed E-state index contributed by atoms with van der Waals surface area (Å²) < 4.78 is 5.49. The van der Waals surface area contributed by atoms with E-state index in [-0.39, 0.29) is 12.1 Å². The second kappa shape index (κ2) is 8.85. The molecule has 144 valence electrons. The first-order chi connectivity index (χ1) is 13.8. The largest absolute Gasteiger partial charge is 0.381 e. The Kier molecular flexibility index (Phi) is 5.83. The fraction of sp³-hybridized carbons (Fsp3) is 0.304. The number of amides is 2. The molecule has 0 spiro atoms. The lowest BCUT2D eigenvalue weighted by Crippen LogP contribution is -2.41. The lowest BCUT2D eigenvalue weighted by molar-refractivity contribution is 0.0547. The third kappa shape index (κ3) is 4.31. The normalized spacial score (nSPS) is 15.9. The van der Waals surface area contributed by atoms with E-state index in [1.807, 2.05) is 36.5 Å². The average Bonchev–Trinajstić information content (AvgIpc) is 2.77. The van der Waals surface area contributed by atoms with Crippen LogP contribution in [0.1, 0.15) is 30.0 Å². The van der Waals surface area contributed by atoms with Crippen LogP contribution in [0.5, 0.6) is 0 Å². The van der Waals surface area contributed by atoms with Crippen molar-refractivity contribution in [3.05, 3.63) is 78.1 Å². The molecule has 1 aliphatic rings. The minimum Gasteiger partial charge on any atom is -0.381 e. The van der Waals surface area contributed by atoms with Crippen LogP contribution in [0.15, 0.2) is 67.0 Å². The number of carbonyl (C=O) groups is 1. The SMILES string of the molecule is O=C(NCc1cccc2ccccc12)NC(c1cccnc1)C1CCOCC1. The zero-order valence-corrected chi connectivity index (χ0v) is 15.8. The molecule has 2 amide bonds. The Balaban J connectivity index is 1.45. The molecule has 1 unspecified atom stereocenters. The van der Waals surface area contributed by atoms with Gasteiger partial charge in [0.2, 0.25) is 0 Å². The molecule has 2 N–H and O–H groups in total. The third-order valence-corrected chi connectivity index (χ3v) is 5.39. The molecule has 0 radical (unpaired) electrons. The molecule has 0 aliphatic carbocycles. The number of carbonyl (C=O) groups excluding carboxylic acids is 1. The number of rotatable bonds is 5. The van der Waals surface area contributed by atoms with E-state index in [1.54, 1.807) is 6.20 Å². The van der Waals surface area contributed by atoms with Crippen molar-refractivity contribution in [2.24, 2.45) is 5.92 Å². The summed E-state index contributed by atoms with van der Waals surface area (Å²) in [7, 11) is 0. The van der Waals surface area contributed by atoms with E-state index in [1.165, 1.54) is 10.8 Å². The molecular formula is C23H25N3O2. The number of ether oxygens (including phenoxy) is 1. The Bertz CT molecular complexity index is 918. The van der Waals surface area contributed by atoms with Crippen LogP contribution in [-0.4, -0.2) is 24.2 Å². The molecule has 1 aliphatic heterocycles. The van der Waals surface area contributed by atoms with Gasteiger partial charge >= 0.3 is 6.03 Å². The predicted molar refractivity (Wildman–Crippen MR) is 110 cm³/mol. The summed E-state index contributed by atoms with van der Waals surface area (Å²) in [4.78, 5) is 16.9. The number of benzene rings is 2. The summed E-state index contributed by atoms with van der Waals surface area (Å²) in [6.07, 6.45) is 5.46. The van der Waals surface area contributed by atoms with Crippen molar-refractivity contribution in [2.75, 3.05) is 13.2 Å². The highest BCUT2D eigenvalue weighted by Gasteiger charge is 2.27. The van der Waals surface area contributed by atoms with Crippen molar-refractivity contribution in [3.63, 3.8) is 0 Å². The zero-order chi connectivity index (χ0) is 19.2. The average molecular weight is 375 g/mol. The van der Waals surface area contributed by atoms with Crippen molar-refractivity contribution in [1.29, 1.82) is 0 Å². The molecule has 2 heterocycles. The van der Waals surface area contributed by atoms with Crippen LogP contribution in [0.25, 0.3) is 10.8 Å². The number of urea groups is 1. The Labute approximate surface area is 165 Å². The number of hydrogen-bond donors (Lipinski definition) is 2. The predicted octanol–water partition coefficient (Wildman–Crippen LogP) is 4.20. The highest BCUT2D eigenvalue weighted by atomic mass is 16.5. The van der Waals surface area contributed by atoms with Gasteiger partial charge in [0.1, 0.15) is 0 Å². The van der Waals surface area contributed by atoms with Gasteiger partial charge in [0.15, 0.2) is 0 Å². The van der Waals surface area contributed by atoms with Crippen molar-refractivity contribution in [2.45, 2.75) is 25.4 Å². The van der Waals surface area contributed by atoms with Crippen LogP contribution >= 0.6 is 0 Å². The molecule has 1 saturated heterocycles. The number of hydrogen-bond acceptors (Lipinski definition) is 3. The fourth-order valence-electron chi connectivity index (χ4n) is 3.90. The fourth-order valence-corrected chi connectivity index (χ4v) is 3.90. The molecule has 3 aromatic rings. The topological polar surface area (TPSA) is 63.2 Å². The third-order valence-electron chi connectivity index (χ3n) is 5.39. The second-order valence-corrected chi connectivity index (χ2v) is 7.18. The Morgan fingerprint density at radius 2 is 1.89 bits per heavy atom. The number of fused-ring (bicyclic) bond motifs is 1. The first-order valence-electron chi connectivity index (χ1n) is 9.80. The van der Waals surface area contributed by atoms with Crippen LogP contribution in [0.4, 0.5) is 4.79 Å². The Morgan fingerprint density at radius 3 is 2.71 bits per heavy atom. The van der Waals surface area contributed by atoms with Crippen LogP contribution < -0.4 is 10.6 Å². The maximum absolute atomic E-state index is 12.7. The zero-order valence-electron chi connectivity index (χ0n) is 15.8. The van der Waals surface area contributed by atoms with Gasteiger partial charge in [0.25, 0.3) is 0 Å². The van der Waals surface area contributed by atoms with E-state index < -0.39 is 0 Å². The van der Waals surface area contributed by atoms with Crippen molar-refractivity contribution >= 4 is 16.8 Å². The van der Waals surface area contributed by atoms with E-state index in [9.17, 15) is 4.79 Å². The molecule has 2 aromatic carbocycles. The van der Waals surface area contributed by atoms with Crippen LogP contribution in [-0.2, 0) is 11.3 Å². The van der Waals surface area contributed by atoms with Gasteiger partial charge in [-0.25, -0.2) is 4.79 Å². The highest BCUT2D eigenvalue weighted by Crippen LogP contribution is 2.29. The molecule has 4 rings (SSSR count). The minimum absolute atomic E-state index is 0.0647. The van der Waals surface area contributed by atoms with Gasteiger partial charge in [0, 0.05) is 32.2 Å². The van der Waals surface area contributed by atoms with Crippen molar-refractivity contribution in [1.82, 2.24) is 15.6 Å². The first-order valence-corrected chi connectivity index (χ1v) is 9.80. The molecule has 5 heteroatoms. The van der Waals surface area contributed by atoms with Crippen molar-refractivity contribution in [3.8, 4) is 0 Å². The van der Waals surface area contributed by atoms with Gasteiger partial charge in [-0.15, -0.1) is 0 Å². The number of nitrogens with zero attached hydrogens (tertiary/aromatic N) is 1. The molecule has 1 aromatic heterocycles. The maximum atomic E-state index is 12.7. The minimum atomic E-state index is -0.159. The number of nitrogens with one attached hydrogen (secondary N) is 2. The summed E-state index contributed by atoms with van der Waals surface area (Å²) in [5, 5.41) is 8.55. The lowest BCUT2D eigenvalue weighted by Gasteiger charge is -2.31. The first kappa shape index (κ1) is 18.4. The Hall–Kier alpha value is -2.92. The van der Waals surface area contributed by atoms with Crippen LogP contribution in [0.2, 0.25) is 0 Å². The van der Waals surface area contributed by atoms with Gasteiger partial charge in [-0.2, -0.15) is 0 Å². The van der Waals surface area contributed by atoms with Crippen LogP contribution in [0.3, 0.4) is 0 Å². The van der Waals surface area contributed by atoms with Gasteiger partial charge in [0.05, 0.1) is 6.04 Å². The summed E-state index contributed by atoms with van der Waals surface area (Å²) in [6.45, 7) is 1.96. The van der Waals surface area contributed by atoms with E-state index in [0.717, 1.165) is 37.2 Å². The van der Waals surface area contributed by atoms with Crippen LogP contribution in [0, 0.1) is 5.92 Å². The molecular weight excluding hydrogens is 350 g/mol. The van der Waals surface area contributed by atoms with Gasteiger partial charge in [-0.3, -0.25) is 4.98 Å². The summed E-state index contributed by atoms with van der Waals surface area (Å²) in [6, 6.07) is 18.1. The summed E-state index contributed by atoms with van der Waals surface area (Å²) in [5.41, 5.74) is 2.15. The molecule has 0 saturated carbocycles. The molecule has 28 heavy (non-hydrogen) atoms. The summed E-state index contributed by atoms with van der Waals surface area (Å²) in [5.74, 6) is 0.348. The quantitative estimate of drug-likeness (QED) is 0.702. The van der Waals surface area contributed by atoms with Gasteiger partial charge in [-0.05, 0) is 46.7 Å². The van der Waals surface area contributed by atoms with E-state index in [4.69, 9.17) is 4.74 Å². The standard InChI is InChI=1S/C23H25N3O2/c27-23(25-16-19-7-3-6-17-5-1-2-9-21(17)19)26-22(18-10-13-28-14-11-18)20-8-4-12-24-15-20/h1-9,12,15,18,22H,10-11,13-14,16H2,(H2,25,26,27). The van der Waals surface area contributed by atoms with E-state index in [2.05, 4.69) is 39.9 Å². The Morgan fingerprint density at radius 1 is 1.07 bits per heavy atom. The lowest BCUT2D eigenvalue weighted by atomic mass is 9.88. The van der Waals surface area contributed by atoms with Crippen molar-refractivity contribution < 1.29 is 9.53 Å². The number of pyridine rings is 1. The smallest absolute Gasteiger partial charge is 0.315 e. The maximum Gasteiger partial charge on any atom is 0.315 e. The van der Waals surface area contributed by atoms with E-state index >= 15 is 0 Å². The second-order valence-electron chi connectivity index (χ2n) is 7.18. The highest BCUT2D eigenvalue weighted by molar-refractivity contribution is 5.86. The number of aromatic nitrogens is 1. The molecule has 1 atom stereocenters.